The molecule has 176 valence electrons. The first-order chi connectivity index (χ1) is 17.0. The van der Waals surface area contributed by atoms with Gasteiger partial charge in [-0.15, -0.1) is 0 Å². The van der Waals surface area contributed by atoms with Crippen LogP contribution in [0, 0.1) is 0 Å². The molecule has 0 unspecified atom stereocenters. The summed E-state index contributed by atoms with van der Waals surface area (Å²) in [6.45, 7) is 0. The molecular formula is C28H28N6S. The summed E-state index contributed by atoms with van der Waals surface area (Å²) < 4.78 is 3.48. The third-order valence-electron chi connectivity index (χ3n) is 5.77. The molecule has 0 aliphatic rings. The fourth-order valence-corrected chi connectivity index (χ4v) is 4.86. The van der Waals surface area contributed by atoms with Crippen molar-refractivity contribution >= 4 is 62.5 Å². The average molecular weight is 481 g/mol. The van der Waals surface area contributed by atoms with Crippen LogP contribution < -0.4 is 19.8 Å². The molecule has 0 amide bonds. The van der Waals surface area contributed by atoms with E-state index in [9.17, 15) is 0 Å². The van der Waals surface area contributed by atoms with Crippen molar-refractivity contribution < 1.29 is 0 Å². The predicted molar refractivity (Wildman–Crippen MR) is 151 cm³/mol. The van der Waals surface area contributed by atoms with Gasteiger partial charge in [0.05, 0.1) is 5.52 Å². The summed E-state index contributed by atoms with van der Waals surface area (Å²) in [6, 6.07) is 29.1. The molecule has 2 N–H and O–H groups in total. The van der Waals surface area contributed by atoms with Crippen LogP contribution in [0.1, 0.15) is 0 Å². The Morgan fingerprint density at radius 2 is 1.31 bits per heavy atom. The van der Waals surface area contributed by atoms with E-state index >= 15 is 0 Å². The highest BCUT2D eigenvalue weighted by molar-refractivity contribution is 8.00. The molecule has 1 aromatic heterocycles. The Kier molecular flexibility index (Phi) is 6.33. The van der Waals surface area contributed by atoms with Gasteiger partial charge in [0.15, 0.2) is 0 Å². The van der Waals surface area contributed by atoms with Gasteiger partial charge in [-0.2, -0.15) is 4.98 Å². The maximum absolute atomic E-state index is 4.72. The Morgan fingerprint density at radius 3 is 2.09 bits per heavy atom. The number of hydrogen-bond acceptors (Lipinski definition) is 7. The fourth-order valence-electron chi connectivity index (χ4n) is 4.06. The molecule has 1 heterocycles. The van der Waals surface area contributed by atoms with Gasteiger partial charge in [-0.1, -0.05) is 36.4 Å². The first-order valence-corrected chi connectivity index (χ1v) is 12.2. The van der Waals surface area contributed by atoms with Gasteiger partial charge < -0.3 is 19.8 Å². The second-order valence-corrected chi connectivity index (χ2v) is 9.56. The number of nitrogens with one attached hydrogen (secondary N) is 2. The topological polar surface area (TPSA) is 56.3 Å². The standard InChI is InChI=1S/C28H28N6S/c1-33(2)25-13-7-11-22-21(25)10-8-14-26(22)35-32-20-17-15-19(16-18-20)29-28-30-24-12-6-5-9-23(24)27(31-28)34(3)4/h5-18,32H,1-4H3,(H,29,30,31). The third kappa shape index (κ3) is 4.81. The number of anilines is 5. The van der Waals surface area contributed by atoms with Crippen LogP contribution in [-0.4, -0.2) is 38.2 Å². The van der Waals surface area contributed by atoms with Crippen LogP contribution in [0.4, 0.5) is 28.8 Å². The lowest BCUT2D eigenvalue weighted by Gasteiger charge is -2.17. The van der Waals surface area contributed by atoms with Crippen LogP contribution in [-0.2, 0) is 0 Å². The Morgan fingerprint density at radius 1 is 0.629 bits per heavy atom. The monoisotopic (exact) mass is 480 g/mol. The van der Waals surface area contributed by atoms with Crippen LogP contribution in [0.2, 0.25) is 0 Å². The molecule has 4 aromatic carbocycles. The van der Waals surface area contributed by atoms with Crippen LogP contribution in [0.25, 0.3) is 21.7 Å². The molecule has 0 aliphatic heterocycles. The smallest absolute Gasteiger partial charge is 0.229 e. The number of aromatic nitrogens is 2. The maximum atomic E-state index is 4.72. The number of benzene rings is 4. The van der Waals surface area contributed by atoms with Gasteiger partial charge in [-0.05, 0) is 65.9 Å². The van der Waals surface area contributed by atoms with Gasteiger partial charge in [-0.25, -0.2) is 4.98 Å². The molecule has 0 fully saturated rings. The van der Waals surface area contributed by atoms with Gasteiger partial charge in [0.2, 0.25) is 5.95 Å². The van der Waals surface area contributed by atoms with Crippen molar-refractivity contribution in [3.63, 3.8) is 0 Å². The summed E-state index contributed by atoms with van der Waals surface area (Å²) in [4.78, 5) is 14.8. The van der Waals surface area contributed by atoms with Crippen molar-refractivity contribution in [1.82, 2.24) is 9.97 Å². The lowest BCUT2D eigenvalue weighted by Crippen LogP contribution is -2.13. The zero-order chi connectivity index (χ0) is 24.4. The van der Waals surface area contributed by atoms with Crippen molar-refractivity contribution in [2.75, 3.05) is 48.0 Å². The van der Waals surface area contributed by atoms with E-state index in [1.54, 1.807) is 11.9 Å². The molecular weight excluding hydrogens is 452 g/mol. The highest BCUT2D eigenvalue weighted by Crippen LogP contribution is 2.34. The lowest BCUT2D eigenvalue weighted by atomic mass is 10.1. The van der Waals surface area contributed by atoms with Crippen molar-refractivity contribution in [3.8, 4) is 0 Å². The molecule has 0 saturated carbocycles. The minimum atomic E-state index is 0.579. The van der Waals surface area contributed by atoms with E-state index in [0.29, 0.717) is 5.95 Å². The molecule has 7 heteroatoms. The Labute approximate surface area is 210 Å². The van der Waals surface area contributed by atoms with Gasteiger partial charge >= 0.3 is 0 Å². The second kappa shape index (κ2) is 9.72. The van der Waals surface area contributed by atoms with E-state index in [4.69, 9.17) is 4.98 Å². The molecule has 5 aromatic rings. The number of rotatable bonds is 7. The highest BCUT2D eigenvalue weighted by Gasteiger charge is 2.10. The Bertz CT molecular complexity index is 1480. The van der Waals surface area contributed by atoms with E-state index in [1.165, 1.54) is 21.4 Å². The van der Waals surface area contributed by atoms with Crippen molar-refractivity contribution in [2.24, 2.45) is 0 Å². The molecule has 0 spiro atoms. The normalized spacial score (nSPS) is 11.0. The maximum Gasteiger partial charge on any atom is 0.229 e. The minimum absolute atomic E-state index is 0.579. The summed E-state index contributed by atoms with van der Waals surface area (Å²) in [6.07, 6.45) is 0. The Balaban J connectivity index is 1.32. The fraction of sp³-hybridized carbons (Fsp3) is 0.143. The second-order valence-electron chi connectivity index (χ2n) is 8.71. The number of nitrogens with zero attached hydrogens (tertiary/aromatic N) is 4. The number of hydrogen-bond donors (Lipinski definition) is 2. The molecule has 0 aliphatic carbocycles. The molecule has 0 bridgehead atoms. The molecule has 0 atom stereocenters. The predicted octanol–water partition coefficient (Wildman–Crippen LogP) is 6.78. The van der Waals surface area contributed by atoms with E-state index in [2.05, 4.69) is 82.5 Å². The van der Waals surface area contributed by atoms with Gasteiger partial charge in [-0.3, -0.25) is 0 Å². The van der Waals surface area contributed by atoms with Gasteiger partial charge in [0, 0.05) is 60.9 Å². The highest BCUT2D eigenvalue weighted by atomic mass is 32.2. The minimum Gasteiger partial charge on any atom is -0.377 e. The van der Waals surface area contributed by atoms with E-state index in [-0.39, 0.29) is 0 Å². The van der Waals surface area contributed by atoms with Crippen molar-refractivity contribution in [3.05, 3.63) is 84.9 Å². The van der Waals surface area contributed by atoms with Gasteiger partial charge in [0.25, 0.3) is 0 Å². The SMILES string of the molecule is CN(C)c1nc(Nc2ccc(NSc3cccc4c(N(C)C)cccc34)cc2)nc2ccccc12. The van der Waals surface area contributed by atoms with E-state index in [0.717, 1.165) is 28.1 Å². The van der Waals surface area contributed by atoms with Crippen LogP contribution in [0.15, 0.2) is 89.8 Å². The quantitative estimate of drug-likeness (QED) is 0.249. The first kappa shape index (κ1) is 22.8. The van der Waals surface area contributed by atoms with E-state index < -0.39 is 0 Å². The van der Waals surface area contributed by atoms with Crippen LogP contribution in [0.5, 0.6) is 0 Å². The number of fused-ring (bicyclic) bond motifs is 2. The van der Waals surface area contributed by atoms with Crippen LogP contribution >= 0.6 is 11.9 Å². The molecule has 35 heavy (non-hydrogen) atoms. The van der Waals surface area contributed by atoms with E-state index in [1.807, 2.05) is 55.4 Å². The summed E-state index contributed by atoms with van der Waals surface area (Å²) in [5.74, 6) is 1.47. The zero-order valence-electron chi connectivity index (χ0n) is 20.3. The van der Waals surface area contributed by atoms with Crippen LogP contribution in [0.3, 0.4) is 0 Å². The Hall–Kier alpha value is -3.97. The number of para-hydroxylation sites is 1. The third-order valence-corrected chi connectivity index (χ3v) is 6.68. The van der Waals surface area contributed by atoms with Crippen molar-refractivity contribution in [2.45, 2.75) is 4.90 Å². The zero-order valence-corrected chi connectivity index (χ0v) is 21.1. The first-order valence-electron chi connectivity index (χ1n) is 11.4. The summed E-state index contributed by atoms with van der Waals surface area (Å²) in [5.41, 5.74) is 4.08. The molecule has 0 radical (unpaired) electrons. The summed E-state index contributed by atoms with van der Waals surface area (Å²) in [7, 11) is 8.14. The molecule has 0 saturated heterocycles. The molecule has 5 rings (SSSR count). The summed E-state index contributed by atoms with van der Waals surface area (Å²) in [5, 5.41) is 6.86. The lowest BCUT2D eigenvalue weighted by molar-refractivity contribution is 1.06. The van der Waals surface area contributed by atoms with Gasteiger partial charge in [0.1, 0.15) is 5.82 Å². The summed E-state index contributed by atoms with van der Waals surface area (Å²) >= 11 is 1.62. The average Bonchev–Trinajstić information content (AvgIpc) is 2.87. The van der Waals surface area contributed by atoms with Crippen molar-refractivity contribution in [1.29, 1.82) is 0 Å². The molecule has 6 nitrogen and oxygen atoms in total. The largest absolute Gasteiger partial charge is 0.377 e.